The summed E-state index contributed by atoms with van der Waals surface area (Å²) in [5.74, 6) is 0.272. The van der Waals surface area contributed by atoms with Crippen molar-refractivity contribution in [3.05, 3.63) is 46.3 Å². The van der Waals surface area contributed by atoms with Gasteiger partial charge in [0.25, 0.3) is 5.91 Å². The molecule has 2 heterocycles. The highest BCUT2D eigenvalue weighted by Crippen LogP contribution is 2.37. The fourth-order valence-corrected chi connectivity index (χ4v) is 4.32. The first-order chi connectivity index (χ1) is 11.5. The second-order valence-corrected chi connectivity index (χ2v) is 7.80. The van der Waals surface area contributed by atoms with Crippen molar-refractivity contribution >= 4 is 33.8 Å². The standard InChI is InChI=1S/C19H20N2O2S/c1-11-9-16(20-18(22)13-7-8-13)24-17(11)19(23)21-12(2)10-14-5-3-4-6-15(14)21/h3-6,9,12-13H,7-8,10H2,1-2H3,(H,20,22)/t12-/m1/s1. The first kappa shape index (κ1) is 15.4. The van der Waals surface area contributed by atoms with Gasteiger partial charge in [0, 0.05) is 17.6 Å². The highest BCUT2D eigenvalue weighted by atomic mass is 32.1. The van der Waals surface area contributed by atoms with E-state index in [4.69, 9.17) is 0 Å². The largest absolute Gasteiger partial charge is 0.317 e. The van der Waals surface area contributed by atoms with Crippen molar-refractivity contribution in [1.29, 1.82) is 0 Å². The van der Waals surface area contributed by atoms with E-state index >= 15 is 0 Å². The Morgan fingerprint density at radius 1 is 1.25 bits per heavy atom. The van der Waals surface area contributed by atoms with E-state index in [2.05, 4.69) is 18.3 Å². The second kappa shape index (κ2) is 5.74. The van der Waals surface area contributed by atoms with Crippen LogP contribution in [0.2, 0.25) is 0 Å². The molecule has 0 saturated heterocycles. The van der Waals surface area contributed by atoms with Crippen LogP contribution in [-0.4, -0.2) is 17.9 Å². The molecule has 2 aromatic rings. The molecular weight excluding hydrogens is 320 g/mol. The van der Waals surface area contributed by atoms with E-state index in [1.807, 2.05) is 36.1 Å². The van der Waals surface area contributed by atoms with Crippen LogP contribution in [-0.2, 0) is 11.2 Å². The molecule has 1 aromatic carbocycles. The van der Waals surface area contributed by atoms with Crippen LogP contribution in [0, 0.1) is 12.8 Å². The molecule has 24 heavy (non-hydrogen) atoms. The SMILES string of the molecule is Cc1cc(NC(=O)C2CC2)sc1C(=O)N1c2ccccc2C[C@H]1C. The van der Waals surface area contributed by atoms with Crippen LogP contribution in [0.5, 0.6) is 0 Å². The van der Waals surface area contributed by atoms with Gasteiger partial charge in [0.05, 0.1) is 9.88 Å². The molecular formula is C19H20N2O2S. The number of amides is 2. The zero-order valence-corrected chi connectivity index (χ0v) is 14.7. The Balaban J connectivity index is 1.60. The predicted octanol–water partition coefficient (Wildman–Crippen LogP) is 4.00. The summed E-state index contributed by atoms with van der Waals surface area (Å²) in [6.45, 7) is 4.01. The lowest BCUT2D eigenvalue weighted by atomic mass is 10.1. The molecule has 124 valence electrons. The van der Waals surface area contributed by atoms with E-state index in [9.17, 15) is 9.59 Å². The highest BCUT2D eigenvalue weighted by molar-refractivity contribution is 7.18. The zero-order valence-electron chi connectivity index (χ0n) is 13.8. The molecule has 1 aliphatic carbocycles. The van der Waals surface area contributed by atoms with Gasteiger partial charge < -0.3 is 10.2 Å². The summed E-state index contributed by atoms with van der Waals surface area (Å²) < 4.78 is 0. The maximum Gasteiger partial charge on any atom is 0.268 e. The molecule has 2 aliphatic rings. The number of nitrogens with zero attached hydrogens (tertiary/aromatic N) is 1. The third-order valence-electron chi connectivity index (χ3n) is 4.73. The summed E-state index contributed by atoms with van der Waals surface area (Å²) in [4.78, 5) is 27.6. The number of fused-ring (bicyclic) bond motifs is 1. The minimum atomic E-state index is 0.0295. The molecule has 4 rings (SSSR count). The molecule has 1 atom stereocenters. The molecule has 0 unspecified atom stereocenters. The van der Waals surface area contributed by atoms with Crippen molar-refractivity contribution < 1.29 is 9.59 Å². The van der Waals surface area contributed by atoms with E-state index in [1.165, 1.54) is 16.9 Å². The van der Waals surface area contributed by atoms with Gasteiger partial charge in [-0.2, -0.15) is 0 Å². The number of carbonyl (C=O) groups excluding carboxylic acids is 2. The summed E-state index contributed by atoms with van der Waals surface area (Å²) in [6, 6.07) is 10.1. The van der Waals surface area contributed by atoms with Gasteiger partial charge in [0.15, 0.2) is 0 Å². The molecule has 0 radical (unpaired) electrons. The van der Waals surface area contributed by atoms with E-state index in [1.54, 1.807) is 0 Å². The van der Waals surface area contributed by atoms with Crippen LogP contribution in [0.4, 0.5) is 10.7 Å². The van der Waals surface area contributed by atoms with E-state index in [0.717, 1.165) is 35.5 Å². The zero-order chi connectivity index (χ0) is 16.8. The first-order valence-corrected chi connectivity index (χ1v) is 9.19. The lowest BCUT2D eigenvalue weighted by molar-refractivity contribution is -0.117. The molecule has 4 nitrogen and oxygen atoms in total. The lowest BCUT2D eigenvalue weighted by Crippen LogP contribution is -2.35. The van der Waals surface area contributed by atoms with Crippen LogP contribution >= 0.6 is 11.3 Å². The van der Waals surface area contributed by atoms with Crippen molar-refractivity contribution in [2.24, 2.45) is 5.92 Å². The third kappa shape index (κ3) is 2.63. The summed E-state index contributed by atoms with van der Waals surface area (Å²) in [5.41, 5.74) is 3.15. The molecule has 1 saturated carbocycles. The lowest BCUT2D eigenvalue weighted by Gasteiger charge is -2.22. The maximum absolute atomic E-state index is 13.1. The molecule has 0 bridgehead atoms. The number of para-hydroxylation sites is 1. The van der Waals surface area contributed by atoms with E-state index in [-0.39, 0.29) is 23.8 Å². The van der Waals surface area contributed by atoms with Gasteiger partial charge in [-0.15, -0.1) is 11.3 Å². The smallest absolute Gasteiger partial charge is 0.268 e. The second-order valence-electron chi connectivity index (χ2n) is 6.74. The maximum atomic E-state index is 13.1. The van der Waals surface area contributed by atoms with Gasteiger partial charge in [-0.1, -0.05) is 18.2 Å². The van der Waals surface area contributed by atoms with Crippen LogP contribution < -0.4 is 10.2 Å². The first-order valence-electron chi connectivity index (χ1n) is 8.37. The summed E-state index contributed by atoms with van der Waals surface area (Å²) in [6.07, 6.45) is 2.84. The number of benzene rings is 1. The third-order valence-corrected chi connectivity index (χ3v) is 5.87. The average molecular weight is 340 g/mol. The fraction of sp³-hybridized carbons (Fsp3) is 0.368. The van der Waals surface area contributed by atoms with Gasteiger partial charge in [-0.25, -0.2) is 0 Å². The highest BCUT2D eigenvalue weighted by Gasteiger charge is 2.33. The van der Waals surface area contributed by atoms with Gasteiger partial charge in [-0.05, 0) is 56.4 Å². The molecule has 1 fully saturated rings. The summed E-state index contributed by atoms with van der Waals surface area (Å²) in [7, 11) is 0. The Labute approximate surface area is 145 Å². The van der Waals surface area contributed by atoms with Crippen LogP contribution in [0.1, 0.15) is 40.6 Å². The molecule has 1 aromatic heterocycles. The van der Waals surface area contributed by atoms with Crippen molar-refractivity contribution in [3.8, 4) is 0 Å². The minimum absolute atomic E-state index is 0.0295. The number of rotatable bonds is 3. The van der Waals surface area contributed by atoms with Crippen molar-refractivity contribution in [2.75, 3.05) is 10.2 Å². The summed E-state index contributed by atoms with van der Waals surface area (Å²) in [5, 5.41) is 3.72. The Bertz CT molecular complexity index is 823. The van der Waals surface area contributed by atoms with E-state index < -0.39 is 0 Å². The number of aryl methyl sites for hydroxylation is 1. The Morgan fingerprint density at radius 3 is 2.75 bits per heavy atom. The molecule has 1 aliphatic heterocycles. The molecule has 1 N–H and O–H groups in total. The van der Waals surface area contributed by atoms with Crippen molar-refractivity contribution in [3.63, 3.8) is 0 Å². The van der Waals surface area contributed by atoms with Gasteiger partial charge in [-0.3, -0.25) is 9.59 Å². The summed E-state index contributed by atoms with van der Waals surface area (Å²) >= 11 is 1.38. The van der Waals surface area contributed by atoms with Gasteiger partial charge in [0.2, 0.25) is 5.91 Å². The van der Waals surface area contributed by atoms with E-state index in [0.29, 0.717) is 4.88 Å². The Kier molecular flexibility index (Phi) is 3.68. The molecule has 5 heteroatoms. The topological polar surface area (TPSA) is 49.4 Å². The number of nitrogens with one attached hydrogen (secondary N) is 1. The van der Waals surface area contributed by atoms with Crippen molar-refractivity contribution in [1.82, 2.24) is 0 Å². The average Bonchev–Trinajstić information content (AvgIpc) is 3.26. The number of hydrogen-bond donors (Lipinski definition) is 1. The number of anilines is 2. The predicted molar refractivity (Wildman–Crippen MR) is 96.8 cm³/mol. The van der Waals surface area contributed by atoms with Crippen LogP contribution in [0.25, 0.3) is 0 Å². The van der Waals surface area contributed by atoms with Gasteiger partial charge >= 0.3 is 0 Å². The Morgan fingerprint density at radius 2 is 2.00 bits per heavy atom. The van der Waals surface area contributed by atoms with Crippen molar-refractivity contribution in [2.45, 2.75) is 39.2 Å². The number of carbonyl (C=O) groups is 2. The minimum Gasteiger partial charge on any atom is -0.317 e. The number of thiophene rings is 1. The van der Waals surface area contributed by atoms with Gasteiger partial charge in [0.1, 0.15) is 0 Å². The molecule has 0 spiro atoms. The number of hydrogen-bond acceptors (Lipinski definition) is 3. The normalized spacial score (nSPS) is 19.2. The molecule has 2 amide bonds. The van der Waals surface area contributed by atoms with Crippen LogP contribution in [0.3, 0.4) is 0 Å². The Hall–Kier alpha value is -2.14. The monoisotopic (exact) mass is 340 g/mol. The fourth-order valence-electron chi connectivity index (χ4n) is 3.31. The van der Waals surface area contributed by atoms with Crippen LogP contribution in [0.15, 0.2) is 30.3 Å². The quantitative estimate of drug-likeness (QED) is 0.918.